The fraction of sp³-hybridized carbons (Fsp3) is 0.533. The Kier molecular flexibility index (Phi) is 6.15. The molecule has 1 heterocycles. The van der Waals surface area contributed by atoms with Crippen LogP contribution < -0.4 is 0 Å². The summed E-state index contributed by atoms with van der Waals surface area (Å²) in [6, 6.07) is -0.932. The van der Waals surface area contributed by atoms with E-state index in [-0.39, 0.29) is 18.9 Å². The predicted molar refractivity (Wildman–Crippen MR) is 77.6 cm³/mol. The number of rotatable bonds is 5. The zero-order valence-electron chi connectivity index (χ0n) is 13.0. The molecular weight excluding hydrogens is 290 g/mol. The molecule has 0 aromatic carbocycles. The van der Waals surface area contributed by atoms with Crippen LogP contribution >= 0.6 is 0 Å². The number of hydrogen-bond donors (Lipinski definition) is 0. The fourth-order valence-corrected chi connectivity index (χ4v) is 2.71. The Morgan fingerprint density at radius 1 is 1.27 bits per heavy atom. The summed E-state index contributed by atoms with van der Waals surface area (Å²) >= 11 is 0. The Morgan fingerprint density at radius 2 is 1.91 bits per heavy atom. The van der Waals surface area contributed by atoms with Crippen molar-refractivity contribution in [3.05, 3.63) is 25.0 Å². The van der Waals surface area contributed by atoms with Gasteiger partial charge >= 0.3 is 18.0 Å². The van der Waals surface area contributed by atoms with Crippen LogP contribution in [-0.2, 0) is 23.8 Å². The smallest absolute Gasteiger partial charge is 0.415 e. The number of carbonyl (C=O) groups excluding carboxylic acids is 3. The number of nitrogens with zero attached hydrogens (tertiary/aromatic N) is 1. The molecule has 1 rings (SSSR count). The van der Waals surface area contributed by atoms with E-state index in [9.17, 15) is 14.4 Å². The Labute approximate surface area is 129 Å². The van der Waals surface area contributed by atoms with E-state index in [2.05, 4.69) is 17.9 Å². The molecule has 7 nitrogen and oxygen atoms in total. The molecule has 1 amide bonds. The van der Waals surface area contributed by atoms with Gasteiger partial charge in [0.05, 0.1) is 26.9 Å². The largest absolute Gasteiger partial charge is 0.469 e. The van der Waals surface area contributed by atoms with Gasteiger partial charge in [0.2, 0.25) is 0 Å². The molecule has 0 saturated carbocycles. The van der Waals surface area contributed by atoms with Crippen molar-refractivity contribution in [1.29, 1.82) is 0 Å². The molecule has 1 saturated heterocycles. The lowest BCUT2D eigenvalue weighted by Crippen LogP contribution is -2.44. The highest BCUT2D eigenvalue weighted by Crippen LogP contribution is 2.37. The summed E-state index contributed by atoms with van der Waals surface area (Å²) in [4.78, 5) is 37.0. The first-order chi connectivity index (χ1) is 10.4. The van der Waals surface area contributed by atoms with Gasteiger partial charge in [-0.2, -0.15) is 0 Å². The second-order valence-electron chi connectivity index (χ2n) is 5.07. The van der Waals surface area contributed by atoms with E-state index in [1.807, 2.05) is 0 Å². The second kappa shape index (κ2) is 7.63. The van der Waals surface area contributed by atoms with Crippen LogP contribution in [0.5, 0.6) is 0 Å². The van der Waals surface area contributed by atoms with E-state index >= 15 is 0 Å². The van der Waals surface area contributed by atoms with Crippen LogP contribution in [0.4, 0.5) is 4.79 Å². The van der Waals surface area contributed by atoms with Crippen LogP contribution in [0, 0.1) is 11.8 Å². The van der Waals surface area contributed by atoms with Crippen molar-refractivity contribution >= 4 is 18.0 Å². The van der Waals surface area contributed by atoms with E-state index in [1.54, 1.807) is 6.92 Å². The summed E-state index contributed by atoms with van der Waals surface area (Å²) in [6.07, 6.45) is 0.246. The summed E-state index contributed by atoms with van der Waals surface area (Å²) in [7, 11) is 2.49. The summed E-state index contributed by atoms with van der Waals surface area (Å²) in [5.41, 5.74) is 0.761. The standard InChI is InChI=1S/C15H21NO6/c1-6-22-15(19)16-8-11(9(2)3)10(7-12(17)20-4)13(16)14(18)21-5/h6,10-11,13H,1-2,7-8H2,3-5H3/t10-,11-,13-/m1/s1. The van der Waals surface area contributed by atoms with Crippen molar-refractivity contribution in [3.8, 4) is 0 Å². The van der Waals surface area contributed by atoms with Crippen molar-refractivity contribution < 1.29 is 28.6 Å². The molecule has 22 heavy (non-hydrogen) atoms. The topological polar surface area (TPSA) is 82.1 Å². The molecular formula is C15H21NO6. The monoisotopic (exact) mass is 311 g/mol. The van der Waals surface area contributed by atoms with Gasteiger partial charge in [0.1, 0.15) is 6.04 Å². The predicted octanol–water partition coefficient (Wildman–Crippen LogP) is 1.50. The number of methoxy groups -OCH3 is 2. The normalized spacial score (nSPS) is 23.6. The van der Waals surface area contributed by atoms with E-state index in [0.717, 1.165) is 11.8 Å². The van der Waals surface area contributed by atoms with Gasteiger partial charge in [-0.05, 0) is 6.92 Å². The van der Waals surface area contributed by atoms with E-state index in [0.29, 0.717) is 0 Å². The molecule has 3 atom stereocenters. The maximum Gasteiger partial charge on any atom is 0.415 e. The third-order valence-corrected chi connectivity index (χ3v) is 3.78. The molecule has 0 N–H and O–H groups in total. The highest BCUT2D eigenvalue weighted by atomic mass is 16.6. The molecule has 0 aliphatic carbocycles. The summed E-state index contributed by atoms with van der Waals surface area (Å²) < 4.78 is 14.2. The molecule has 0 unspecified atom stereocenters. The molecule has 0 bridgehead atoms. The average Bonchev–Trinajstić information content (AvgIpc) is 2.86. The first kappa shape index (κ1) is 17.7. The minimum atomic E-state index is -0.932. The first-order valence-corrected chi connectivity index (χ1v) is 6.75. The molecule has 122 valence electrons. The number of hydrogen-bond acceptors (Lipinski definition) is 6. The van der Waals surface area contributed by atoms with Crippen LogP contribution in [-0.4, -0.2) is 49.7 Å². The van der Waals surface area contributed by atoms with Crippen molar-refractivity contribution in [2.45, 2.75) is 19.4 Å². The maximum atomic E-state index is 12.1. The first-order valence-electron chi connectivity index (χ1n) is 6.75. The molecule has 1 aliphatic heterocycles. The SMILES string of the molecule is C=COC(=O)N1C[C@H](C(=C)C)[C@@H](CC(=O)OC)[C@@H]1C(=O)OC. The van der Waals surface area contributed by atoms with Gasteiger partial charge in [0.15, 0.2) is 0 Å². The third-order valence-electron chi connectivity index (χ3n) is 3.78. The van der Waals surface area contributed by atoms with Crippen LogP contribution in [0.15, 0.2) is 25.0 Å². The lowest BCUT2D eigenvalue weighted by atomic mass is 9.84. The van der Waals surface area contributed by atoms with Gasteiger partial charge in [-0.1, -0.05) is 18.7 Å². The Balaban J connectivity index is 3.16. The molecule has 1 aliphatic rings. The van der Waals surface area contributed by atoms with Crippen LogP contribution in [0.2, 0.25) is 0 Å². The highest BCUT2D eigenvalue weighted by molar-refractivity contribution is 5.84. The Hall–Kier alpha value is -2.31. The molecule has 0 aromatic rings. The molecule has 0 radical (unpaired) electrons. The van der Waals surface area contributed by atoms with Gasteiger partial charge in [-0.15, -0.1) is 0 Å². The van der Waals surface area contributed by atoms with Crippen LogP contribution in [0.3, 0.4) is 0 Å². The van der Waals surface area contributed by atoms with Crippen molar-refractivity contribution in [1.82, 2.24) is 4.90 Å². The molecule has 0 aromatic heterocycles. The lowest BCUT2D eigenvalue weighted by Gasteiger charge is -2.24. The van der Waals surface area contributed by atoms with Crippen molar-refractivity contribution in [2.75, 3.05) is 20.8 Å². The van der Waals surface area contributed by atoms with Crippen molar-refractivity contribution in [3.63, 3.8) is 0 Å². The second-order valence-corrected chi connectivity index (χ2v) is 5.07. The molecule has 1 fully saturated rings. The fourth-order valence-electron chi connectivity index (χ4n) is 2.71. The Morgan fingerprint density at radius 3 is 2.36 bits per heavy atom. The molecule has 7 heteroatoms. The van der Waals surface area contributed by atoms with Crippen LogP contribution in [0.1, 0.15) is 13.3 Å². The average molecular weight is 311 g/mol. The van der Waals surface area contributed by atoms with E-state index in [4.69, 9.17) is 9.47 Å². The third kappa shape index (κ3) is 3.66. The quantitative estimate of drug-likeness (QED) is 0.331. The van der Waals surface area contributed by atoms with Crippen molar-refractivity contribution in [2.24, 2.45) is 11.8 Å². The van der Waals surface area contributed by atoms with E-state index < -0.39 is 30.0 Å². The zero-order valence-corrected chi connectivity index (χ0v) is 13.0. The van der Waals surface area contributed by atoms with Gasteiger partial charge in [0, 0.05) is 18.4 Å². The number of likely N-dealkylation sites (tertiary alicyclic amines) is 1. The number of amides is 1. The highest BCUT2D eigenvalue weighted by Gasteiger charge is 2.50. The Bertz CT molecular complexity index is 486. The maximum absolute atomic E-state index is 12.1. The lowest BCUT2D eigenvalue weighted by molar-refractivity contribution is -0.148. The minimum absolute atomic E-state index is 0.0222. The molecule has 0 spiro atoms. The number of carbonyl (C=O) groups is 3. The van der Waals surface area contributed by atoms with Crippen LogP contribution in [0.25, 0.3) is 0 Å². The van der Waals surface area contributed by atoms with Gasteiger partial charge in [-0.3, -0.25) is 9.69 Å². The zero-order chi connectivity index (χ0) is 16.9. The summed E-state index contributed by atoms with van der Waals surface area (Å²) in [5.74, 6) is -1.79. The summed E-state index contributed by atoms with van der Waals surface area (Å²) in [6.45, 7) is 9.19. The number of esters is 2. The van der Waals surface area contributed by atoms with Gasteiger partial charge in [-0.25, -0.2) is 9.59 Å². The summed E-state index contributed by atoms with van der Waals surface area (Å²) in [5, 5.41) is 0. The van der Waals surface area contributed by atoms with Gasteiger partial charge < -0.3 is 14.2 Å². The van der Waals surface area contributed by atoms with Gasteiger partial charge in [0.25, 0.3) is 0 Å². The number of ether oxygens (including phenoxy) is 3. The van der Waals surface area contributed by atoms with E-state index in [1.165, 1.54) is 19.1 Å². The minimum Gasteiger partial charge on any atom is -0.469 e.